The van der Waals surface area contributed by atoms with E-state index in [0.717, 1.165) is 5.56 Å². The summed E-state index contributed by atoms with van der Waals surface area (Å²) in [6.07, 6.45) is 0.493. The molecule has 0 atom stereocenters. The molecule has 0 spiro atoms. The number of esters is 1. The van der Waals surface area contributed by atoms with E-state index < -0.39 is 25.1 Å². The highest BCUT2D eigenvalue weighted by Gasteiger charge is 2.10. The van der Waals surface area contributed by atoms with Crippen LogP contribution >= 0.6 is 0 Å². The minimum atomic E-state index is -2.86. The Hall–Kier alpha value is -3.16. The molecule has 26 heavy (non-hydrogen) atoms. The van der Waals surface area contributed by atoms with Crippen LogP contribution in [-0.4, -0.2) is 31.6 Å². The summed E-state index contributed by atoms with van der Waals surface area (Å²) in [5.41, 5.74) is 7.19. The average molecular weight is 364 g/mol. The predicted octanol–water partition coefficient (Wildman–Crippen LogP) is 2.39. The molecule has 1 amide bonds. The molecule has 0 aliphatic heterocycles. The number of benzene rings is 2. The zero-order valence-corrected chi connectivity index (χ0v) is 13.8. The first-order chi connectivity index (χ1) is 12.4. The number of rotatable bonds is 8. The van der Waals surface area contributed by atoms with Gasteiger partial charge in [-0.15, -0.1) is 0 Å². The van der Waals surface area contributed by atoms with Gasteiger partial charge < -0.3 is 20.5 Å². The van der Waals surface area contributed by atoms with E-state index in [2.05, 4.69) is 10.1 Å². The second kappa shape index (κ2) is 9.36. The molecule has 0 aromatic heterocycles. The molecule has 0 aliphatic rings. The van der Waals surface area contributed by atoms with Crippen LogP contribution in [0.4, 0.5) is 14.5 Å². The molecule has 2 aromatic rings. The molecule has 3 N–H and O–H groups in total. The van der Waals surface area contributed by atoms with E-state index in [1.807, 2.05) is 0 Å². The Balaban J connectivity index is 1.68. The molecular formula is C18H18F2N2O4. The van der Waals surface area contributed by atoms with E-state index in [1.165, 1.54) is 24.3 Å². The average Bonchev–Trinajstić information content (AvgIpc) is 2.61. The zero-order chi connectivity index (χ0) is 18.9. The normalized spacial score (nSPS) is 10.4. The number of hydrogen-bond acceptors (Lipinski definition) is 5. The van der Waals surface area contributed by atoms with Crippen LogP contribution in [0.2, 0.25) is 0 Å². The highest BCUT2D eigenvalue weighted by Crippen LogP contribution is 2.15. The van der Waals surface area contributed by atoms with Crippen LogP contribution in [0.5, 0.6) is 5.75 Å². The molecule has 0 saturated carbocycles. The molecule has 0 fully saturated rings. The van der Waals surface area contributed by atoms with Gasteiger partial charge in [-0.25, -0.2) is 4.79 Å². The lowest BCUT2D eigenvalue weighted by atomic mass is 10.1. The van der Waals surface area contributed by atoms with Gasteiger partial charge in [0.2, 0.25) is 0 Å². The quantitative estimate of drug-likeness (QED) is 0.554. The molecule has 0 radical (unpaired) electrons. The Bertz CT molecular complexity index is 734. The van der Waals surface area contributed by atoms with E-state index >= 15 is 0 Å². The lowest BCUT2D eigenvalue weighted by Gasteiger charge is -2.08. The van der Waals surface area contributed by atoms with Gasteiger partial charge in [-0.2, -0.15) is 8.78 Å². The first-order valence-corrected chi connectivity index (χ1v) is 7.77. The van der Waals surface area contributed by atoms with Crippen LogP contribution in [0.25, 0.3) is 0 Å². The first-order valence-electron chi connectivity index (χ1n) is 7.77. The van der Waals surface area contributed by atoms with Gasteiger partial charge in [-0.3, -0.25) is 4.79 Å². The summed E-state index contributed by atoms with van der Waals surface area (Å²) >= 11 is 0. The van der Waals surface area contributed by atoms with Crippen molar-refractivity contribution in [1.82, 2.24) is 5.32 Å². The van der Waals surface area contributed by atoms with Crippen LogP contribution in [0, 0.1) is 0 Å². The fourth-order valence-electron chi connectivity index (χ4n) is 2.07. The fourth-order valence-corrected chi connectivity index (χ4v) is 2.07. The van der Waals surface area contributed by atoms with Gasteiger partial charge >= 0.3 is 12.6 Å². The Morgan fingerprint density at radius 1 is 1.04 bits per heavy atom. The second-order valence-corrected chi connectivity index (χ2v) is 5.32. The highest BCUT2D eigenvalue weighted by molar-refractivity contribution is 5.91. The van der Waals surface area contributed by atoms with Crippen LogP contribution < -0.4 is 15.8 Å². The maximum atomic E-state index is 12.1. The van der Waals surface area contributed by atoms with Crippen molar-refractivity contribution in [2.24, 2.45) is 0 Å². The summed E-state index contributed by atoms with van der Waals surface area (Å²) in [6, 6.07) is 12.3. The second-order valence-electron chi connectivity index (χ2n) is 5.32. The molecule has 2 aromatic carbocycles. The van der Waals surface area contributed by atoms with Crippen molar-refractivity contribution in [3.63, 3.8) is 0 Å². The summed E-state index contributed by atoms with van der Waals surface area (Å²) in [5.74, 6) is -0.983. The summed E-state index contributed by atoms with van der Waals surface area (Å²) in [4.78, 5) is 23.4. The van der Waals surface area contributed by atoms with Crippen molar-refractivity contribution in [3.05, 3.63) is 59.7 Å². The molecule has 0 saturated heterocycles. The van der Waals surface area contributed by atoms with Crippen molar-refractivity contribution in [1.29, 1.82) is 0 Å². The lowest BCUT2D eigenvalue weighted by Crippen LogP contribution is -2.30. The molecular weight excluding hydrogens is 346 g/mol. The fraction of sp³-hybridized carbons (Fsp3) is 0.222. The minimum absolute atomic E-state index is 0.0716. The molecule has 0 aliphatic carbocycles. The number of nitrogens with one attached hydrogen (secondary N) is 1. The molecule has 0 unspecified atom stereocenters. The number of hydrogen-bond donors (Lipinski definition) is 2. The molecule has 0 bridgehead atoms. The van der Waals surface area contributed by atoms with Crippen molar-refractivity contribution in [2.75, 3.05) is 18.9 Å². The number of halogens is 2. The monoisotopic (exact) mass is 364 g/mol. The van der Waals surface area contributed by atoms with E-state index in [-0.39, 0.29) is 5.75 Å². The summed E-state index contributed by atoms with van der Waals surface area (Å²) in [5, 5.41) is 2.61. The first kappa shape index (κ1) is 19.2. The largest absolute Gasteiger partial charge is 0.452 e. The van der Waals surface area contributed by atoms with Gasteiger partial charge in [0.1, 0.15) is 5.75 Å². The Morgan fingerprint density at radius 3 is 2.31 bits per heavy atom. The van der Waals surface area contributed by atoms with Crippen molar-refractivity contribution >= 4 is 17.6 Å². The number of ether oxygens (including phenoxy) is 2. The topological polar surface area (TPSA) is 90.7 Å². The van der Waals surface area contributed by atoms with E-state index in [1.54, 1.807) is 24.3 Å². The van der Waals surface area contributed by atoms with Crippen LogP contribution in [-0.2, 0) is 16.0 Å². The number of nitrogen functional groups attached to an aromatic ring is 1. The van der Waals surface area contributed by atoms with Gasteiger partial charge in [0.25, 0.3) is 5.91 Å². The summed E-state index contributed by atoms with van der Waals surface area (Å²) < 4.78 is 33.3. The van der Waals surface area contributed by atoms with Crippen LogP contribution in [0.1, 0.15) is 15.9 Å². The smallest absolute Gasteiger partial charge is 0.387 e. The Kier molecular flexibility index (Phi) is 6.90. The number of amides is 1. The van der Waals surface area contributed by atoms with Crippen molar-refractivity contribution in [2.45, 2.75) is 13.0 Å². The van der Waals surface area contributed by atoms with Gasteiger partial charge in [0.05, 0.1) is 5.56 Å². The van der Waals surface area contributed by atoms with Crippen LogP contribution in [0.3, 0.4) is 0 Å². The maximum absolute atomic E-state index is 12.1. The van der Waals surface area contributed by atoms with Crippen LogP contribution in [0.15, 0.2) is 48.5 Å². The molecule has 6 nitrogen and oxygen atoms in total. The van der Waals surface area contributed by atoms with E-state index in [0.29, 0.717) is 24.2 Å². The minimum Gasteiger partial charge on any atom is -0.452 e. The SMILES string of the molecule is Nc1ccc(C(=O)OCC(=O)NCCc2ccc(OC(F)F)cc2)cc1. The third-order valence-corrected chi connectivity index (χ3v) is 3.37. The Morgan fingerprint density at radius 2 is 1.69 bits per heavy atom. The highest BCUT2D eigenvalue weighted by atomic mass is 19.3. The number of nitrogens with two attached hydrogens (primary N) is 1. The number of alkyl halides is 2. The van der Waals surface area contributed by atoms with Crippen molar-refractivity contribution < 1.29 is 27.8 Å². The summed E-state index contributed by atoms with van der Waals surface area (Å²) in [6.45, 7) is -2.95. The van der Waals surface area contributed by atoms with E-state index in [9.17, 15) is 18.4 Å². The molecule has 0 heterocycles. The Labute approximate surface area is 148 Å². The summed E-state index contributed by atoms with van der Waals surface area (Å²) in [7, 11) is 0. The van der Waals surface area contributed by atoms with Crippen molar-refractivity contribution in [3.8, 4) is 5.75 Å². The maximum Gasteiger partial charge on any atom is 0.387 e. The van der Waals surface area contributed by atoms with Gasteiger partial charge in [0.15, 0.2) is 6.61 Å². The number of carbonyl (C=O) groups excluding carboxylic acids is 2. The zero-order valence-electron chi connectivity index (χ0n) is 13.8. The van der Waals surface area contributed by atoms with E-state index in [4.69, 9.17) is 10.5 Å². The number of carbonyl (C=O) groups is 2. The standard InChI is InChI=1S/C18H18F2N2O4/c19-18(20)26-15-7-1-12(2-8-15)9-10-22-16(23)11-25-17(24)13-3-5-14(21)6-4-13/h1-8,18H,9-11,21H2,(H,22,23). The molecule has 8 heteroatoms. The predicted molar refractivity (Wildman–Crippen MR) is 90.9 cm³/mol. The lowest BCUT2D eigenvalue weighted by molar-refractivity contribution is -0.124. The molecule has 138 valence electrons. The van der Waals surface area contributed by atoms with Gasteiger partial charge in [0, 0.05) is 12.2 Å². The molecule has 2 rings (SSSR count). The number of anilines is 1. The third-order valence-electron chi connectivity index (χ3n) is 3.37. The third kappa shape index (κ3) is 6.39. The van der Waals surface area contributed by atoms with Gasteiger partial charge in [-0.1, -0.05) is 12.1 Å². The van der Waals surface area contributed by atoms with Gasteiger partial charge in [-0.05, 0) is 48.4 Å².